The Labute approximate surface area is 146 Å². The Morgan fingerprint density at radius 1 is 1.25 bits per heavy atom. The van der Waals surface area contributed by atoms with Crippen molar-refractivity contribution >= 4 is 17.6 Å². The molecule has 0 unspecified atom stereocenters. The topological polar surface area (TPSA) is 63.4 Å². The molecule has 1 aromatic heterocycles. The van der Waals surface area contributed by atoms with Crippen LogP contribution in [0.15, 0.2) is 28.7 Å². The van der Waals surface area contributed by atoms with E-state index in [1.165, 1.54) is 5.56 Å². The average molecular weight is 349 g/mol. The van der Waals surface area contributed by atoms with Gasteiger partial charge in [0.15, 0.2) is 0 Å². The summed E-state index contributed by atoms with van der Waals surface area (Å²) in [5.74, 6) is 0.666. The molecule has 2 aromatic rings. The van der Waals surface area contributed by atoms with E-state index in [0.29, 0.717) is 24.0 Å². The standard InChI is InChI=1S/C17H21ClN4O2/c1-2-16-20-21-17(24-16)19-13-7-14-10-23-15(9-22(14)8-13)11-3-5-12(18)6-4-11/h3-6,13-15H,2,7-10H2,1H3,(H,19,21)/t13-,14-,15+/m0/s1. The van der Waals surface area contributed by atoms with E-state index in [1.807, 2.05) is 31.2 Å². The number of aromatic nitrogens is 2. The van der Waals surface area contributed by atoms with Gasteiger partial charge in [-0.3, -0.25) is 4.90 Å². The van der Waals surface area contributed by atoms with Crippen molar-refractivity contribution in [1.82, 2.24) is 15.1 Å². The molecule has 1 aromatic carbocycles. The number of ether oxygens (including phenoxy) is 1. The quantitative estimate of drug-likeness (QED) is 0.916. The van der Waals surface area contributed by atoms with E-state index >= 15 is 0 Å². The van der Waals surface area contributed by atoms with Gasteiger partial charge in [-0.1, -0.05) is 35.8 Å². The fourth-order valence-electron chi connectivity index (χ4n) is 3.49. The number of anilines is 1. The molecule has 2 aliphatic heterocycles. The molecule has 2 aliphatic rings. The Kier molecular flexibility index (Phi) is 4.43. The molecular weight excluding hydrogens is 328 g/mol. The van der Waals surface area contributed by atoms with Gasteiger partial charge in [-0.05, 0) is 24.1 Å². The van der Waals surface area contributed by atoms with Crippen LogP contribution in [0.5, 0.6) is 0 Å². The first-order valence-electron chi connectivity index (χ1n) is 8.41. The lowest BCUT2D eigenvalue weighted by Gasteiger charge is -2.35. The maximum absolute atomic E-state index is 6.07. The van der Waals surface area contributed by atoms with Crippen LogP contribution >= 0.6 is 11.6 Å². The van der Waals surface area contributed by atoms with Gasteiger partial charge in [-0.25, -0.2) is 0 Å². The van der Waals surface area contributed by atoms with Gasteiger partial charge in [0.2, 0.25) is 5.89 Å². The lowest BCUT2D eigenvalue weighted by molar-refractivity contribution is -0.0501. The monoisotopic (exact) mass is 348 g/mol. The van der Waals surface area contributed by atoms with Crippen LogP contribution in [0.25, 0.3) is 0 Å². The van der Waals surface area contributed by atoms with Gasteiger partial charge in [0.1, 0.15) is 0 Å². The summed E-state index contributed by atoms with van der Waals surface area (Å²) in [6, 6.07) is 9.20. The summed E-state index contributed by atoms with van der Waals surface area (Å²) >= 11 is 5.97. The summed E-state index contributed by atoms with van der Waals surface area (Å²) in [5.41, 5.74) is 1.18. The minimum absolute atomic E-state index is 0.104. The third-order valence-electron chi connectivity index (χ3n) is 4.76. The van der Waals surface area contributed by atoms with E-state index in [1.54, 1.807) is 0 Å². The molecule has 0 radical (unpaired) electrons. The summed E-state index contributed by atoms with van der Waals surface area (Å²) in [6.07, 6.45) is 1.88. The van der Waals surface area contributed by atoms with Crippen LogP contribution in [0, 0.1) is 0 Å². The highest BCUT2D eigenvalue weighted by Gasteiger charge is 2.38. The van der Waals surface area contributed by atoms with Gasteiger partial charge in [0.25, 0.3) is 0 Å². The van der Waals surface area contributed by atoms with Gasteiger partial charge < -0.3 is 14.5 Å². The van der Waals surface area contributed by atoms with Gasteiger partial charge >= 0.3 is 6.01 Å². The number of aryl methyl sites for hydroxylation is 1. The second-order valence-electron chi connectivity index (χ2n) is 6.41. The molecule has 1 N–H and O–H groups in total. The van der Waals surface area contributed by atoms with Crippen molar-refractivity contribution in [2.24, 2.45) is 0 Å². The van der Waals surface area contributed by atoms with Gasteiger partial charge in [0, 0.05) is 36.6 Å². The molecule has 0 saturated carbocycles. The van der Waals surface area contributed by atoms with E-state index in [-0.39, 0.29) is 6.10 Å². The van der Waals surface area contributed by atoms with Crippen LogP contribution in [0.1, 0.15) is 30.9 Å². The van der Waals surface area contributed by atoms with E-state index in [0.717, 1.165) is 37.6 Å². The predicted molar refractivity (Wildman–Crippen MR) is 91.2 cm³/mol. The van der Waals surface area contributed by atoms with E-state index in [4.69, 9.17) is 20.8 Å². The molecule has 6 nitrogen and oxygen atoms in total. The first-order chi connectivity index (χ1) is 11.7. The fraction of sp³-hybridized carbons (Fsp3) is 0.529. The first-order valence-corrected chi connectivity index (χ1v) is 8.79. The fourth-order valence-corrected chi connectivity index (χ4v) is 3.61. The van der Waals surface area contributed by atoms with Crippen LogP contribution in [0.2, 0.25) is 5.02 Å². The Hall–Kier alpha value is -1.63. The summed E-state index contributed by atoms with van der Waals surface area (Å²) in [4.78, 5) is 2.48. The molecular formula is C17H21ClN4O2. The number of hydrogen-bond acceptors (Lipinski definition) is 6. The summed E-state index contributed by atoms with van der Waals surface area (Å²) in [7, 11) is 0. The number of rotatable bonds is 4. The molecule has 0 bridgehead atoms. The molecule has 0 amide bonds. The van der Waals surface area contributed by atoms with Crippen LogP contribution in [-0.4, -0.2) is 46.9 Å². The highest BCUT2D eigenvalue weighted by molar-refractivity contribution is 6.30. The molecule has 3 heterocycles. The van der Waals surface area contributed by atoms with Gasteiger partial charge in [0.05, 0.1) is 12.7 Å². The Morgan fingerprint density at radius 2 is 2.08 bits per heavy atom. The largest absolute Gasteiger partial charge is 0.408 e. The molecule has 7 heteroatoms. The van der Waals surface area contributed by atoms with Crippen molar-refractivity contribution in [3.8, 4) is 0 Å². The highest BCUT2D eigenvalue weighted by atomic mass is 35.5. The number of halogens is 1. The number of fused-ring (bicyclic) bond motifs is 1. The minimum atomic E-state index is 0.104. The molecule has 24 heavy (non-hydrogen) atoms. The molecule has 3 atom stereocenters. The predicted octanol–water partition coefficient (Wildman–Crippen LogP) is 2.91. The molecule has 0 aliphatic carbocycles. The van der Waals surface area contributed by atoms with Crippen LogP contribution < -0.4 is 5.32 Å². The lowest BCUT2D eigenvalue weighted by Crippen LogP contribution is -2.42. The van der Waals surface area contributed by atoms with Crippen molar-refractivity contribution < 1.29 is 9.15 Å². The Bertz CT molecular complexity index is 690. The smallest absolute Gasteiger partial charge is 0.315 e. The number of benzene rings is 1. The van der Waals surface area contributed by atoms with Crippen LogP contribution in [0.4, 0.5) is 6.01 Å². The van der Waals surface area contributed by atoms with Crippen molar-refractivity contribution in [3.63, 3.8) is 0 Å². The Balaban J connectivity index is 1.37. The average Bonchev–Trinajstić information content (AvgIpc) is 3.21. The van der Waals surface area contributed by atoms with Crippen molar-refractivity contribution in [2.75, 3.05) is 25.0 Å². The maximum Gasteiger partial charge on any atom is 0.315 e. The molecule has 4 rings (SSSR count). The van der Waals surface area contributed by atoms with Crippen molar-refractivity contribution in [2.45, 2.75) is 38.0 Å². The zero-order valence-electron chi connectivity index (χ0n) is 13.6. The highest BCUT2D eigenvalue weighted by Crippen LogP contribution is 2.31. The number of nitrogens with one attached hydrogen (secondary N) is 1. The second kappa shape index (κ2) is 6.70. The van der Waals surface area contributed by atoms with Crippen LogP contribution in [-0.2, 0) is 11.2 Å². The second-order valence-corrected chi connectivity index (χ2v) is 6.85. The van der Waals surface area contributed by atoms with Crippen molar-refractivity contribution in [1.29, 1.82) is 0 Å². The SMILES string of the molecule is CCc1nnc(N[C@H]2C[C@H]3CO[C@@H](c4ccc(Cl)cc4)CN3C2)o1. The minimum Gasteiger partial charge on any atom is -0.408 e. The van der Waals surface area contributed by atoms with E-state index < -0.39 is 0 Å². The molecule has 128 valence electrons. The third-order valence-corrected chi connectivity index (χ3v) is 5.01. The van der Waals surface area contributed by atoms with Gasteiger partial charge in [-0.2, -0.15) is 0 Å². The number of morpholine rings is 1. The zero-order chi connectivity index (χ0) is 16.5. The maximum atomic E-state index is 6.07. The van der Waals surface area contributed by atoms with Crippen LogP contribution in [0.3, 0.4) is 0 Å². The first kappa shape index (κ1) is 15.9. The third kappa shape index (κ3) is 3.27. The normalized spacial score (nSPS) is 27.2. The number of hydrogen-bond donors (Lipinski definition) is 1. The zero-order valence-corrected chi connectivity index (χ0v) is 14.4. The van der Waals surface area contributed by atoms with E-state index in [9.17, 15) is 0 Å². The summed E-state index contributed by atoms with van der Waals surface area (Å²) < 4.78 is 11.6. The summed E-state index contributed by atoms with van der Waals surface area (Å²) in [6.45, 7) is 4.60. The molecule has 2 saturated heterocycles. The van der Waals surface area contributed by atoms with Gasteiger partial charge in [-0.15, -0.1) is 5.10 Å². The number of nitrogens with zero attached hydrogens (tertiary/aromatic N) is 3. The lowest BCUT2D eigenvalue weighted by atomic mass is 10.1. The summed E-state index contributed by atoms with van der Waals surface area (Å²) in [5, 5.41) is 12.2. The van der Waals surface area contributed by atoms with Crippen molar-refractivity contribution in [3.05, 3.63) is 40.7 Å². The molecule has 2 fully saturated rings. The Morgan fingerprint density at radius 3 is 2.83 bits per heavy atom. The van der Waals surface area contributed by atoms with E-state index in [2.05, 4.69) is 20.4 Å². The molecule has 0 spiro atoms.